The van der Waals surface area contributed by atoms with Crippen molar-refractivity contribution < 1.29 is 19.4 Å². The van der Waals surface area contributed by atoms with Crippen molar-refractivity contribution in [2.75, 3.05) is 7.11 Å². The molecular weight excluding hydrogens is 282 g/mol. The third kappa shape index (κ3) is 3.97. The topological polar surface area (TPSA) is 68.7 Å². The van der Waals surface area contributed by atoms with E-state index in [9.17, 15) is 4.79 Å². The summed E-state index contributed by atoms with van der Waals surface area (Å²) in [6, 6.07) is 10.7. The summed E-state index contributed by atoms with van der Waals surface area (Å²) in [5.41, 5.74) is 1.75. The molecule has 0 aliphatic rings. The molecular formula is C17H19NO4. The van der Waals surface area contributed by atoms with Crippen LogP contribution >= 0.6 is 0 Å². The number of pyridine rings is 1. The van der Waals surface area contributed by atoms with Crippen LogP contribution < -0.4 is 9.47 Å². The first kappa shape index (κ1) is 15.8. The smallest absolute Gasteiger partial charge is 0.354 e. The second kappa shape index (κ2) is 7.45. The second-order valence-corrected chi connectivity index (χ2v) is 4.84. The van der Waals surface area contributed by atoms with Crippen molar-refractivity contribution >= 4 is 5.97 Å². The number of hydrogen-bond donors (Lipinski definition) is 1. The van der Waals surface area contributed by atoms with Gasteiger partial charge in [-0.15, -0.1) is 0 Å². The minimum atomic E-state index is -1.05. The van der Waals surface area contributed by atoms with Crippen LogP contribution in [0.4, 0.5) is 0 Å². The summed E-state index contributed by atoms with van der Waals surface area (Å²) in [6.45, 7) is 2.31. The van der Waals surface area contributed by atoms with Crippen LogP contribution in [0.15, 0.2) is 36.4 Å². The van der Waals surface area contributed by atoms with Crippen molar-refractivity contribution in [3.05, 3.63) is 53.3 Å². The lowest BCUT2D eigenvalue weighted by Crippen LogP contribution is -2.05. The number of aromatic nitrogens is 1. The van der Waals surface area contributed by atoms with Crippen LogP contribution in [0.3, 0.4) is 0 Å². The molecule has 0 radical (unpaired) electrons. The predicted octanol–water partition coefficient (Wildman–Crippen LogP) is 3.32. The molecule has 0 atom stereocenters. The molecule has 0 aliphatic carbocycles. The van der Waals surface area contributed by atoms with Gasteiger partial charge in [-0.2, -0.15) is 0 Å². The van der Waals surface area contributed by atoms with Gasteiger partial charge in [0.1, 0.15) is 12.3 Å². The Morgan fingerprint density at radius 1 is 1.23 bits per heavy atom. The van der Waals surface area contributed by atoms with Gasteiger partial charge in [-0.05, 0) is 36.2 Å². The lowest BCUT2D eigenvalue weighted by molar-refractivity contribution is 0.0690. The number of carboxylic acids is 1. The molecule has 0 saturated carbocycles. The molecule has 2 rings (SSSR count). The Labute approximate surface area is 129 Å². The summed E-state index contributed by atoms with van der Waals surface area (Å²) < 4.78 is 11.0. The van der Waals surface area contributed by atoms with Crippen LogP contribution in [0.2, 0.25) is 0 Å². The van der Waals surface area contributed by atoms with Crippen LogP contribution in [-0.2, 0) is 13.0 Å². The van der Waals surface area contributed by atoms with Crippen molar-refractivity contribution in [2.45, 2.75) is 26.4 Å². The van der Waals surface area contributed by atoms with Gasteiger partial charge in [0.15, 0.2) is 11.5 Å². The van der Waals surface area contributed by atoms with E-state index in [1.165, 1.54) is 11.6 Å². The maximum atomic E-state index is 10.9. The van der Waals surface area contributed by atoms with Gasteiger partial charge in [0.2, 0.25) is 0 Å². The summed E-state index contributed by atoms with van der Waals surface area (Å²) >= 11 is 0. The van der Waals surface area contributed by atoms with Crippen LogP contribution in [0.5, 0.6) is 11.5 Å². The third-order valence-corrected chi connectivity index (χ3v) is 3.17. The molecule has 5 nitrogen and oxygen atoms in total. The highest BCUT2D eigenvalue weighted by atomic mass is 16.5. The highest BCUT2D eigenvalue weighted by Gasteiger charge is 2.08. The molecule has 0 fully saturated rings. The molecule has 0 unspecified atom stereocenters. The van der Waals surface area contributed by atoms with E-state index in [4.69, 9.17) is 14.6 Å². The number of hydrogen-bond acceptors (Lipinski definition) is 4. The SMILES string of the molecule is CCCc1ccc(OCc2cccc(C(=O)O)n2)c(OC)c1. The standard InChI is InChI=1S/C17H19NO4/c1-3-5-12-8-9-15(16(10-12)21-2)22-11-13-6-4-7-14(18-13)17(19)20/h4,6-10H,3,5,11H2,1-2H3,(H,19,20). The molecule has 116 valence electrons. The Kier molecular flexibility index (Phi) is 5.36. The Morgan fingerprint density at radius 2 is 2.05 bits per heavy atom. The first-order chi connectivity index (χ1) is 10.6. The number of carbonyl (C=O) groups is 1. The molecule has 1 heterocycles. The van der Waals surface area contributed by atoms with Gasteiger partial charge >= 0.3 is 5.97 Å². The number of rotatable bonds is 7. The van der Waals surface area contributed by atoms with Crippen LogP contribution in [-0.4, -0.2) is 23.2 Å². The van der Waals surface area contributed by atoms with Crippen LogP contribution in [0, 0.1) is 0 Å². The lowest BCUT2D eigenvalue weighted by atomic mass is 10.1. The summed E-state index contributed by atoms with van der Waals surface area (Å²) in [4.78, 5) is 14.9. The molecule has 0 saturated heterocycles. The molecule has 2 aromatic rings. The Balaban J connectivity index is 2.11. The second-order valence-electron chi connectivity index (χ2n) is 4.84. The number of ether oxygens (including phenoxy) is 2. The normalized spacial score (nSPS) is 10.3. The van der Waals surface area contributed by atoms with Crippen molar-refractivity contribution in [3.63, 3.8) is 0 Å². The Bertz CT molecular complexity index is 655. The number of aromatic carboxylic acids is 1. The number of nitrogens with zero attached hydrogens (tertiary/aromatic N) is 1. The van der Waals surface area contributed by atoms with Crippen LogP contribution in [0.1, 0.15) is 35.1 Å². The van der Waals surface area contributed by atoms with Crippen molar-refractivity contribution in [2.24, 2.45) is 0 Å². The van der Waals surface area contributed by atoms with Gasteiger partial charge in [0.25, 0.3) is 0 Å². The maximum absolute atomic E-state index is 10.9. The van der Waals surface area contributed by atoms with E-state index in [0.717, 1.165) is 12.8 Å². The zero-order valence-electron chi connectivity index (χ0n) is 12.7. The monoisotopic (exact) mass is 301 g/mol. The molecule has 0 amide bonds. The number of benzene rings is 1. The average molecular weight is 301 g/mol. The van der Waals surface area contributed by atoms with E-state index >= 15 is 0 Å². The highest BCUT2D eigenvalue weighted by molar-refractivity contribution is 5.85. The molecule has 1 aromatic heterocycles. The predicted molar refractivity (Wildman–Crippen MR) is 82.5 cm³/mol. The van der Waals surface area contributed by atoms with Gasteiger partial charge in [-0.3, -0.25) is 0 Å². The molecule has 0 bridgehead atoms. The quantitative estimate of drug-likeness (QED) is 0.849. The zero-order chi connectivity index (χ0) is 15.9. The first-order valence-electron chi connectivity index (χ1n) is 7.13. The van der Waals surface area contributed by atoms with Gasteiger partial charge in [0.05, 0.1) is 12.8 Å². The van der Waals surface area contributed by atoms with Crippen LogP contribution in [0.25, 0.3) is 0 Å². The average Bonchev–Trinajstić information content (AvgIpc) is 2.54. The van der Waals surface area contributed by atoms with E-state index in [1.54, 1.807) is 19.2 Å². The number of carboxylic acid groups (broad SMARTS) is 1. The summed E-state index contributed by atoms with van der Waals surface area (Å²) in [6.07, 6.45) is 2.05. The van der Waals surface area contributed by atoms with Crippen molar-refractivity contribution in [1.29, 1.82) is 0 Å². The summed E-state index contributed by atoms with van der Waals surface area (Å²) in [7, 11) is 1.60. The summed E-state index contributed by atoms with van der Waals surface area (Å²) in [5, 5.41) is 8.93. The Hall–Kier alpha value is -2.56. The fraction of sp³-hybridized carbons (Fsp3) is 0.294. The number of methoxy groups -OCH3 is 1. The third-order valence-electron chi connectivity index (χ3n) is 3.17. The van der Waals surface area contributed by atoms with E-state index < -0.39 is 5.97 Å². The summed E-state index contributed by atoms with van der Waals surface area (Å²) in [5.74, 6) is 0.230. The zero-order valence-corrected chi connectivity index (χ0v) is 12.7. The van der Waals surface area contributed by atoms with Crippen molar-refractivity contribution in [1.82, 2.24) is 4.98 Å². The van der Waals surface area contributed by atoms with Gasteiger partial charge in [-0.25, -0.2) is 9.78 Å². The Morgan fingerprint density at radius 3 is 2.73 bits per heavy atom. The highest BCUT2D eigenvalue weighted by Crippen LogP contribution is 2.29. The molecule has 0 spiro atoms. The molecule has 1 aromatic carbocycles. The van der Waals surface area contributed by atoms with E-state index in [0.29, 0.717) is 17.2 Å². The molecule has 1 N–H and O–H groups in total. The van der Waals surface area contributed by atoms with E-state index in [-0.39, 0.29) is 12.3 Å². The fourth-order valence-corrected chi connectivity index (χ4v) is 2.11. The molecule has 22 heavy (non-hydrogen) atoms. The molecule has 5 heteroatoms. The lowest BCUT2D eigenvalue weighted by Gasteiger charge is -2.12. The van der Waals surface area contributed by atoms with Gasteiger partial charge in [0, 0.05) is 0 Å². The number of aryl methyl sites for hydroxylation is 1. The largest absolute Gasteiger partial charge is 0.493 e. The van der Waals surface area contributed by atoms with Crippen molar-refractivity contribution in [3.8, 4) is 11.5 Å². The maximum Gasteiger partial charge on any atom is 0.354 e. The molecule has 0 aliphatic heterocycles. The van der Waals surface area contributed by atoms with E-state index in [1.807, 2.05) is 18.2 Å². The fourth-order valence-electron chi connectivity index (χ4n) is 2.11. The van der Waals surface area contributed by atoms with E-state index in [2.05, 4.69) is 11.9 Å². The van der Waals surface area contributed by atoms with Gasteiger partial charge < -0.3 is 14.6 Å². The first-order valence-corrected chi connectivity index (χ1v) is 7.13. The minimum absolute atomic E-state index is 0.00589. The van der Waals surface area contributed by atoms with Gasteiger partial charge in [-0.1, -0.05) is 25.5 Å². The minimum Gasteiger partial charge on any atom is -0.493 e.